The Morgan fingerprint density at radius 1 is 1.00 bits per heavy atom. The molecule has 0 unspecified atom stereocenters. The topological polar surface area (TPSA) is 92.6 Å². The first-order chi connectivity index (χ1) is 16.2. The lowest BCUT2D eigenvalue weighted by Crippen LogP contribution is -2.29. The van der Waals surface area contributed by atoms with Crippen molar-refractivity contribution >= 4 is 33.9 Å². The molecule has 1 atom stereocenters. The summed E-state index contributed by atoms with van der Waals surface area (Å²) in [7, 11) is 0. The van der Waals surface area contributed by atoms with Gasteiger partial charge in [0.2, 0.25) is 5.13 Å². The molecule has 1 saturated heterocycles. The molecule has 1 aliphatic rings. The Morgan fingerprint density at radius 3 is 2.18 bits per heavy atom. The average Bonchev–Trinajstić information content (AvgIpc) is 3.34. The molecule has 7 nitrogen and oxygen atoms in total. The zero-order chi connectivity index (χ0) is 24.6. The van der Waals surface area contributed by atoms with E-state index in [1.165, 1.54) is 16.2 Å². The van der Waals surface area contributed by atoms with Crippen molar-refractivity contribution in [2.45, 2.75) is 52.7 Å². The Kier molecular flexibility index (Phi) is 6.52. The van der Waals surface area contributed by atoms with Crippen molar-refractivity contribution < 1.29 is 19.4 Å². The van der Waals surface area contributed by atoms with E-state index in [0.717, 1.165) is 5.56 Å². The quantitative estimate of drug-likeness (QED) is 0.291. The van der Waals surface area contributed by atoms with E-state index in [1.807, 2.05) is 38.1 Å². The summed E-state index contributed by atoms with van der Waals surface area (Å²) in [6.45, 7) is 9.82. The summed E-state index contributed by atoms with van der Waals surface area (Å²) in [5.74, 6) is -0.757. The highest BCUT2D eigenvalue weighted by Crippen LogP contribution is 2.43. The van der Waals surface area contributed by atoms with E-state index >= 15 is 0 Å². The minimum Gasteiger partial charge on any atom is -0.507 e. The van der Waals surface area contributed by atoms with Crippen molar-refractivity contribution in [2.75, 3.05) is 4.90 Å². The van der Waals surface area contributed by atoms with Gasteiger partial charge in [-0.05, 0) is 62.1 Å². The zero-order valence-electron chi connectivity index (χ0n) is 19.8. The Morgan fingerprint density at radius 2 is 1.65 bits per heavy atom. The van der Waals surface area contributed by atoms with Crippen LogP contribution >= 0.6 is 11.3 Å². The van der Waals surface area contributed by atoms with Crippen molar-refractivity contribution in [2.24, 2.45) is 0 Å². The number of rotatable bonds is 6. The highest BCUT2D eigenvalue weighted by molar-refractivity contribution is 7.15. The molecule has 2 aromatic carbocycles. The van der Waals surface area contributed by atoms with Gasteiger partial charge in [0.15, 0.2) is 0 Å². The number of ether oxygens (including phenoxy) is 1. The van der Waals surface area contributed by atoms with E-state index < -0.39 is 17.7 Å². The third-order valence-electron chi connectivity index (χ3n) is 5.58. The second-order valence-corrected chi connectivity index (χ2v) is 9.95. The molecule has 4 rings (SSSR count). The van der Waals surface area contributed by atoms with Crippen molar-refractivity contribution in [3.8, 4) is 5.75 Å². The van der Waals surface area contributed by atoms with Gasteiger partial charge in [-0.1, -0.05) is 49.4 Å². The van der Waals surface area contributed by atoms with Crippen LogP contribution in [-0.2, 0) is 9.59 Å². The number of carbonyl (C=O) groups is 2. The van der Waals surface area contributed by atoms with Crippen LogP contribution in [0.2, 0.25) is 0 Å². The van der Waals surface area contributed by atoms with Crippen LogP contribution in [0.3, 0.4) is 0 Å². The number of hydrogen-bond acceptors (Lipinski definition) is 7. The number of carbonyl (C=O) groups excluding carboxylic acids is 2. The van der Waals surface area contributed by atoms with Crippen LogP contribution in [0.15, 0.2) is 54.1 Å². The number of aliphatic hydroxyl groups is 1. The highest BCUT2D eigenvalue weighted by Gasteiger charge is 2.48. The van der Waals surface area contributed by atoms with Crippen LogP contribution in [0.25, 0.3) is 5.76 Å². The third-order valence-corrected chi connectivity index (χ3v) is 6.42. The predicted octanol–water partition coefficient (Wildman–Crippen LogP) is 5.38. The first-order valence-electron chi connectivity index (χ1n) is 11.2. The summed E-state index contributed by atoms with van der Waals surface area (Å²) in [5.41, 5.74) is 2.28. The number of Topliss-reactive ketones (excluding diaryl/α,β-unsaturated/α-hetero) is 1. The number of aliphatic hydroxyl groups excluding tert-OH is 1. The molecule has 8 heteroatoms. The summed E-state index contributed by atoms with van der Waals surface area (Å²) in [6, 6.07) is 13.7. The van der Waals surface area contributed by atoms with E-state index in [0.29, 0.717) is 32.9 Å². The van der Waals surface area contributed by atoms with Crippen molar-refractivity contribution in [3.05, 3.63) is 75.8 Å². The lowest BCUT2D eigenvalue weighted by Gasteiger charge is -2.23. The smallest absolute Gasteiger partial charge is 0.301 e. The lowest BCUT2D eigenvalue weighted by atomic mass is 9.93. The van der Waals surface area contributed by atoms with Gasteiger partial charge < -0.3 is 9.84 Å². The number of aromatic nitrogens is 2. The number of amides is 1. The largest absolute Gasteiger partial charge is 0.507 e. The van der Waals surface area contributed by atoms with Crippen LogP contribution in [0.1, 0.15) is 61.4 Å². The third kappa shape index (κ3) is 4.46. The molecule has 0 saturated carbocycles. The SMILES string of the molecule is Cc1nnc(N2C(=O)C(=O)/C(=C(/O)c3ccc(OC(C)C)cc3)[C@H]2c2ccc(C(C)C)cc2)s1. The second kappa shape index (κ2) is 9.38. The Balaban J connectivity index is 1.84. The van der Waals surface area contributed by atoms with E-state index in [1.54, 1.807) is 31.2 Å². The van der Waals surface area contributed by atoms with Crippen molar-refractivity contribution in [1.29, 1.82) is 0 Å². The van der Waals surface area contributed by atoms with Crippen LogP contribution in [0, 0.1) is 6.92 Å². The summed E-state index contributed by atoms with van der Waals surface area (Å²) in [4.78, 5) is 27.7. The van der Waals surface area contributed by atoms with Crippen molar-refractivity contribution in [3.63, 3.8) is 0 Å². The fraction of sp³-hybridized carbons (Fsp3) is 0.308. The van der Waals surface area contributed by atoms with E-state index in [9.17, 15) is 14.7 Å². The number of ketones is 1. The molecule has 1 amide bonds. The molecule has 0 radical (unpaired) electrons. The summed E-state index contributed by atoms with van der Waals surface area (Å²) < 4.78 is 5.67. The maximum absolute atomic E-state index is 13.2. The number of benzene rings is 2. The molecule has 1 N–H and O–H groups in total. The minimum absolute atomic E-state index is 0.00828. The Hall–Kier alpha value is -3.52. The van der Waals surface area contributed by atoms with Crippen molar-refractivity contribution in [1.82, 2.24) is 10.2 Å². The van der Waals surface area contributed by atoms with Crippen LogP contribution < -0.4 is 9.64 Å². The monoisotopic (exact) mass is 477 g/mol. The first kappa shape index (κ1) is 23.6. The Bertz CT molecular complexity index is 1240. The van der Waals surface area contributed by atoms with Gasteiger partial charge in [0.1, 0.15) is 16.5 Å². The van der Waals surface area contributed by atoms with Gasteiger partial charge in [-0.2, -0.15) is 0 Å². The molecule has 0 spiro atoms. The van der Waals surface area contributed by atoms with Gasteiger partial charge in [0.05, 0.1) is 17.7 Å². The van der Waals surface area contributed by atoms with E-state index in [4.69, 9.17) is 4.74 Å². The number of anilines is 1. The lowest BCUT2D eigenvalue weighted by molar-refractivity contribution is -0.132. The fourth-order valence-electron chi connectivity index (χ4n) is 3.91. The maximum Gasteiger partial charge on any atom is 0.301 e. The molecule has 1 aromatic heterocycles. The molecule has 0 bridgehead atoms. The predicted molar refractivity (Wildman–Crippen MR) is 132 cm³/mol. The molecule has 1 aliphatic heterocycles. The van der Waals surface area contributed by atoms with Gasteiger partial charge in [-0.3, -0.25) is 14.5 Å². The highest BCUT2D eigenvalue weighted by atomic mass is 32.1. The molecule has 34 heavy (non-hydrogen) atoms. The summed E-state index contributed by atoms with van der Waals surface area (Å²) >= 11 is 1.22. The van der Waals surface area contributed by atoms with Gasteiger partial charge in [-0.15, -0.1) is 10.2 Å². The van der Waals surface area contributed by atoms with Gasteiger partial charge in [-0.25, -0.2) is 0 Å². The Labute approximate surface area is 202 Å². The molecule has 3 aromatic rings. The first-order valence-corrected chi connectivity index (χ1v) is 12.0. The second-order valence-electron chi connectivity index (χ2n) is 8.79. The van der Waals surface area contributed by atoms with Gasteiger partial charge in [0, 0.05) is 5.56 Å². The molecule has 1 fully saturated rings. The fourth-order valence-corrected chi connectivity index (χ4v) is 4.63. The average molecular weight is 478 g/mol. The molecular formula is C26H27N3O4S. The zero-order valence-corrected chi connectivity index (χ0v) is 20.6. The molecular weight excluding hydrogens is 450 g/mol. The van der Waals surface area contributed by atoms with E-state index in [-0.39, 0.29) is 17.4 Å². The number of aryl methyl sites for hydroxylation is 1. The van der Waals surface area contributed by atoms with E-state index in [2.05, 4.69) is 24.0 Å². The van der Waals surface area contributed by atoms with Gasteiger partial charge >= 0.3 is 5.91 Å². The maximum atomic E-state index is 13.2. The number of hydrogen-bond donors (Lipinski definition) is 1. The standard InChI is InChI=1S/C26H27N3O4S/c1-14(2)17-6-8-18(9-7-17)22-21(23(30)19-10-12-20(13-11-19)33-15(3)4)24(31)25(32)29(22)26-28-27-16(5)34-26/h6-15,22,30H,1-5H3/b23-21+/t22-/m1/s1. The minimum atomic E-state index is -0.819. The molecule has 2 heterocycles. The van der Waals surface area contributed by atoms with Crippen LogP contribution in [0.4, 0.5) is 5.13 Å². The number of nitrogens with zero attached hydrogens (tertiary/aromatic N) is 3. The molecule has 0 aliphatic carbocycles. The normalized spacial score (nSPS) is 17.7. The van der Waals surface area contributed by atoms with Crippen LogP contribution in [-0.4, -0.2) is 33.1 Å². The summed E-state index contributed by atoms with van der Waals surface area (Å²) in [5, 5.41) is 20.4. The summed E-state index contributed by atoms with van der Waals surface area (Å²) in [6.07, 6.45) is 0.00828. The van der Waals surface area contributed by atoms with Crippen LogP contribution in [0.5, 0.6) is 5.75 Å². The van der Waals surface area contributed by atoms with Gasteiger partial charge in [0.25, 0.3) is 5.78 Å². The molecule has 176 valence electrons.